The van der Waals surface area contributed by atoms with Gasteiger partial charge in [-0.3, -0.25) is 10.1 Å². The highest BCUT2D eigenvalue weighted by molar-refractivity contribution is 8.14. The molecule has 0 fully saturated rings. The summed E-state index contributed by atoms with van der Waals surface area (Å²) >= 11 is 2.71. The van der Waals surface area contributed by atoms with Crippen LogP contribution in [0, 0.1) is 0 Å². The molecule has 0 aliphatic carbocycles. The van der Waals surface area contributed by atoms with Crippen molar-refractivity contribution in [3.05, 3.63) is 29.2 Å². The average molecular weight is 225 g/mol. The molecular weight excluding hydrogens is 218 g/mol. The second-order valence-corrected chi connectivity index (χ2v) is 4.24. The predicted molar refractivity (Wildman–Crippen MR) is 57.8 cm³/mol. The van der Waals surface area contributed by atoms with Gasteiger partial charge in [0.25, 0.3) is 5.24 Å². The van der Waals surface area contributed by atoms with E-state index in [9.17, 15) is 4.79 Å². The van der Waals surface area contributed by atoms with Gasteiger partial charge in [-0.25, -0.2) is 4.98 Å². The molecule has 2 aromatic rings. The van der Waals surface area contributed by atoms with Crippen LogP contribution >= 0.6 is 23.1 Å². The maximum atomic E-state index is 11.4. The number of anilines is 1. The summed E-state index contributed by atoms with van der Waals surface area (Å²) in [7, 11) is 0. The molecule has 14 heavy (non-hydrogen) atoms. The van der Waals surface area contributed by atoms with E-state index in [1.165, 1.54) is 0 Å². The molecule has 2 rings (SSSR count). The molecule has 6 heteroatoms. The Kier molecular flexibility index (Phi) is 2.85. The fourth-order valence-electron chi connectivity index (χ4n) is 0.873. The molecule has 2 aromatic heterocycles. The number of H-pyrrole nitrogens is 1. The number of aromatic amines is 1. The molecule has 0 unspecified atom stereocenters. The van der Waals surface area contributed by atoms with E-state index in [-0.39, 0.29) is 5.24 Å². The van der Waals surface area contributed by atoms with Crippen LogP contribution in [0.4, 0.5) is 10.7 Å². The van der Waals surface area contributed by atoms with Gasteiger partial charge < -0.3 is 4.98 Å². The van der Waals surface area contributed by atoms with Gasteiger partial charge >= 0.3 is 0 Å². The lowest BCUT2D eigenvalue weighted by Crippen LogP contribution is -2.05. The zero-order valence-electron chi connectivity index (χ0n) is 7.06. The van der Waals surface area contributed by atoms with Crippen molar-refractivity contribution < 1.29 is 4.79 Å². The Morgan fingerprint density at radius 3 is 3.21 bits per heavy atom. The topological polar surface area (TPSA) is 57.8 Å². The third-order valence-corrected chi connectivity index (χ3v) is 3.03. The maximum absolute atomic E-state index is 11.4. The van der Waals surface area contributed by atoms with E-state index in [0.717, 1.165) is 16.7 Å². The molecule has 72 valence electrons. The van der Waals surface area contributed by atoms with E-state index < -0.39 is 0 Å². The first kappa shape index (κ1) is 9.29. The molecule has 0 saturated heterocycles. The molecule has 0 aliphatic heterocycles. The number of hydrogen-bond donors (Lipinski definition) is 2. The largest absolute Gasteiger partial charge is 0.331 e. The second kappa shape index (κ2) is 4.30. The summed E-state index contributed by atoms with van der Waals surface area (Å²) in [6.45, 7) is 0. The number of nitrogens with one attached hydrogen (secondary N) is 2. The van der Waals surface area contributed by atoms with E-state index in [2.05, 4.69) is 15.3 Å². The van der Waals surface area contributed by atoms with Crippen LogP contribution in [0.5, 0.6) is 0 Å². The Morgan fingerprint density at radius 1 is 1.64 bits per heavy atom. The second-order valence-electron chi connectivity index (χ2n) is 2.41. The summed E-state index contributed by atoms with van der Waals surface area (Å²) in [6, 6.07) is 1.90. The number of aromatic nitrogens is 2. The SMILES string of the molecule is O=C(Nc1ncc[nH]1)Sc1ccsc1. The van der Waals surface area contributed by atoms with Crippen LogP contribution in [0.15, 0.2) is 34.1 Å². The van der Waals surface area contributed by atoms with Gasteiger partial charge in [-0.15, -0.1) is 0 Å². The standard InChI is InChI=1S/C8H7N3OS2/c12-8(11-7-9-2-3-10-7)14-6-1-4-13-5-6/h1-5H,(H2,9,10,11,12). The predicted octanol–water partition coefficient (Wildman–Crippen LogP) is 2.80. The van der Waals surface area contributed by atoms with E-state index in [4.69, 9.17) is 0 Å². The van der Waals surface area contributed by atoms with Crippen LogP contribution in [0.25, 0.3) is 0 Å². The van der Waals surface area contributed by atoms with Crippen molar-refractivity contribution in [2.75, 3.05) is 5.32 Å². The Balaban J connectivity index is 1.91. The van der Waals surface area contributed by atoms with Crippen molar-refractivity contribution in [2.45, 2.75) is 4.90 Å². The summed E-state index contributed by atoms with van der Waals surface area (Å²) in [6.07, 6.45) is 3.25. The fraction of sp³-hybridized carbons (Fsp3) is 0. The van der Waals surface area contributed by atoms with Crippen LogP contribution in [0.2, 0.25) is 0 Å². The summed E-state index contributed by atoms with van der Waals surface area (Å²) in [5.41, 5.74) is 0. The minimum atomic E-state index is -0.140. The van der Waals surface area contributed by atoms with Gasteiger partial charge in [0.1, 0.15) is 0 Å². The lowest BCUT2D eigenvalue weighted by Gasteiger charge is -1.98. The number of thiophene rings is 1. The molecule has 0 spiro atoms. The van der Waals surface area contributed by atoms with E-state index in [1.807, 2.05) is 16.8 Å². The van der Waals surface area contributed by atoms with Crippen molar-refractivity contribution in [2.24, 2.45) is 0 Å². The van der Waals surface area contributed by atoms with Crippen molar-refractivity contribution in [1.29, 1.82) is 0 Å². The normalized spacial score (nSPS) is 10.0. The summed E-state index contributed by atoms with van der Waals surface area (Å²) in [5.74, 6) is 0.470. The van der Waals surface area contributed by atoms with Gasteiger partial charge in [-0.1, -0.05) is 0 Å². The summed E-state index contributed by atoms with van der Waals surface area (Å²) in [5, 5.41) is 6.34. The minimum Gasteiger partial charge on any atom is -0.331 e. The van der Waals surface area contributed by atoms with Gasteiger partial charge in [0.2, 0.25) is 5.95 Å². The Labute approximate surface area is 88.8 Å². The van der Waals surface area contributed by atoms with Crippen molar-refractivity contribution in [1.82, 2.24) is 9.97 Å². The Hall–Kier alpha value is -1.27. The Morgan fingerprint density at radius 2 is 2.57 bits per heavy atom. The van der Waals surface area contributed by atoms with Crippen LogP contribution in [-0.2, 0) is 0 Å². The molecule has 2 heterocycles. The smallest absolute Gasteiger partial charge is 0.290 e. The van der Waals surface area contributed by atoms with Gasteiger partial charge in [0.05, 0.1) is 0 Å². The molecule has 0 radical (unpaired) electrons. The highest BCUT2D eigenvalue weighted by Gasteiger charge is 2.05. The van der Waals surface area contributed by atoms with Gasteiger partial charge in [-0.2, -0.15) is 11.3 Å². The first-order valence-electron chi connectivity index (χ1n) is 3.85. The first-order valence-corrected chi connectivity index (χ1v) is 5.61. The highest BCUT2D eigenvalue weighted by Crippen LogP contribution is 2.22. The van der Waals surface area contributed by atoms with Crippen LogP contribution in [0.3, 0.4) is 0 Å². The Bertz CT molecular complexity index is 358. The summed E-state index contributed by atoms with van der Waals surface area (Å²) in [4.78, 5) is 19.0. The lowest BCUT2D eigenvalue weighted by molar-refractivity contribution is 0.269. The molecule has 0 aromatic carbocycles. The van der Waals surface area contributed by atoms with Crippen molar-refractivity contribution in [3.63, 3.8) is 0 Å². The number of imidazole rings is 1. The van der Waals surface area contributed by atoms with Crippen LogP contribution < -0.4 is 5.32 Å². The van der Waals surface area contributed by atoms with Gasteiger partial charge in [-0.05, 0) is 23.2 Å². The van der Waals surface area contributed by atoms with E-state index >= 15 is 0 Å². The van der Waals surface area contributed by atoms with Crippen LogP contribution in [0.1, 0.15) is 0 Å². The van der Waals surface area contributed by atoms with Gasteiger partial charge in [0.15, 0.2) is 0 Å². The molecule has 4 nitrogen and oxygen atoms in total. The molecule has 0 aliphatic rings. The first-order chi connectivity index (χ1) is 6.84. The zero-order valence-corrected chi connectivity index (χ0v) is 8.69. The zero-order chi connectivity index (χ0) is 9.80. The molecule has 2 N–H and O–H groups in total. The molecule has 0 atom stereocenters. The van der Waals surface area contributed by atoms with E-state index in [1.54, 1.807) is 23.7 Å². The van der Waals surface area contributed by atoms with Gasteiger partial charge in [0, 0.05) is 22.7 Å². The maximum Gasteiger partial charge on any atom is 0.290 e. The molecular formula is C8H7N3OS2. The molecule has 1 amide bonds. The number of carbonyl (C=O) groups is 1. The molecule has 0 saturated carbocycles. The fourth-order valence-corrected chi connectivity index (χ4v) is 2.33. The number of nitrogens with zero attached hydrogens (tertiary/aromatic N) is 1. The van der Waals surface area contributed by atoms with Crippen LogP contribution in [-0.4, -0.2) is 15.2 Å². The number of hydrogen-bond acceptors (Lipinski definition) is 4. The third-order valence-electron chi connectivity index (χ3n) is 1.42. The number of thioether (sulfide) groups is 1. The monoisotopic (exact) mass is 225 g/mol. The third kappa shape index (κ3) is 2.36. The molecule has 0 bridgehead atoms. The average Bonchev–Trinajstić information content (AvgIpc) is 2.76. The summed E-state index contributed by atoms with van der Waals surface area (Å²) < 4.78 is 0. The number of amides is 1. The van der Waals surface area contributed by atoms with E-state index in [0.29, 0.717) is 5.95 Å². The minimum absolute atomic E-state index is 0.140. The number of carbonyl (C=O) groups excluding carboxylic acids is 1. The quantitative estimate of drug-likeness (QED) is 0.773. The lowest BCUT2D eigenvalue weighted by atomic mass is 10.7. The highest BCUT2D eigenvalue weighted by atomic mass is 32.2. The number of rotatable bonds is 2. The van der Waals surface area contributed by atoms with Crippen molar-refractivity contribution in [3.8, 4) is 0 Å². The van der Waals surface area contributed by atoms with Crippen molar-refractivity contribution >= 4 is 34.3 Å².